The Morgan fingerprint density at radius 3 is 3.00 bits per heavy atom. The monoisotopic (exact) mass is 309 g/mol. The van der Waals surface area contributed by atoms with E-state index in [0.717, 1.165) is 43.3 Å². The number of rotatable bonds is 4. The summed E-state index contributed by atoms with van der Waals surface area (Å²) in [5.41, 5.74) is 0.760. The molecule has 0 aliphatic carbocycles. The predicted octanol–water partition coefficient (Wildman–Crippen LogP) is 2.47. The van der Waals surface area contributed by atoms with Crippen LogP contribution in [0.5, 0.6) is 0 Å². The van der Waals surface area contributed by atoms with Crippen molar-refractivity contribution in [3.63, 3.8) is 0 Å². The standard InChI is InChI=1S/C15H23N3O2S/c1-2-5-12-13(14(19)20)21-15(16-12)18-9-8-17-7-4-3-6-11(17)10-18/h11H,2-10H2,1H3,(H,19,20). The Morgan fingerprint density at radius 1 is 1.38 bits per heavy atom. The fraction of sp³-hybridized carbons (Fsp3) is 0.733. The van der Waals surface area contributed by atoms with Gasteiger partial charge in [0.05, 0.1) is 5.69 Å². The molecular formula is C15H23N3O2S. The van der Waals surface area contributed by atoms with Gasteiger partial charge in [-0.05, 0) is 25.8 Å². The highest BCUT2D eigenvalue weighted by Gasteiger charge is 2.31. The number of piperidine rings is 1. The second-order valence-corrected chi connectivity index (χ2v) is 6.94. The van der Waals surface area contributed by atoms with Crippen LogP contribution in [0.1, 0.15) is 48.0 Å². The molecule has 21 heavy (non-hydrogen) atoms. The molecule has 1 N–H and O–H groups in total. The number of aromatic nitrogens is 1. The number of nitrogens with zero attached hydrogens (tertiary/aromatic N) is 3. The average molecular weight is 309 g/mol. The van der Waals surface area contributed by atoms with E-state index in [9.17, 15) is 9.90 Å². The zero-order valence-electron chi connectivity index (χ0n) is 12.5. The first-order valence-corrected chi connectivity index (χ1v) is 8.72. The van der Waals surface area contributed by atoms with Gasteiger partial charge in [-0.25, -0.2) is 9.78 Å². The van der Waals surface area contributed by atoms with E-state index in [1.54, 1.807) is 0 Å². The lowest BCUT2D eigenvalue weighted by molar-refractivity contribution is 0.0700. The van der Waals surface area contributed by atoms with Crippen LogP contribution in [0.15, 0.2) is 0 Å². The molecule has 0 amide bonds. The molecule has 2 aliphatic heterocycles. The van der Waals surface area contributed by atoms with Crippen molar-refractivity contribution in [2.75, 3.05) is 31.1 Å². The van der Waals surface area contributed by atoms with Gasteiger partial charge in [-0.15, -0.1) is 0 Å². The average Bonchev–Trinajstić information content (AvgIpc) is 2.91. The van der Waals surface area contributed by atoms with Gasteiger partial charge in [-0.2, -0.15) is 0 Å². The van der Waals surface area contributed by atoms with E-state index >= 15 is 0 Å². The highest BCUT2D eigenvalue weighted by atomic mass is 32.1. The number of carbonyl (C=O) groups is 1. The fourth-order valence-electron chi connectivity index (χ4n) is 3.38. The highest BCUT2D eigenvalue weighted by Crippen LogP contribution is 2.30. The topological polar surface area (TPSA) is 56.7 Å². The minimum Gasteiger partial charge on any atom is -0.477 e. The molecule has 0 bridgehead atoms. The number of piperazine rings is 1. The van der Waals surface area contributed by atoms with Crippen molar-refractivity contribution in [1.82, 2.24) is 9.88 Å². The zero-order chi connectivity index (χ0) is 14.8. The van der Waals surface area contributed by atoms with Gasteiger partial charge < -0.3 is 10.0 Å². The predicted molar refractivity (Wildman–Crippen MR) is 84.5 cm³/mol. The summed E-state index contributed by atoms with van der Waals surface area (Å²) in [5, 5.41) is 10.2. The van der Waals surface area contributed by atoms with Crippen LogP contribution in [0.4, 0.5) is 5.13 Å². The quantitative estimate of drug-likeness (QED) is 0.926. The van der Waals surface area contributed by atoms with Gasteiger partial charge in [-0.1, -0.05) is 31.1 Å². The molecule has 3 rings (SSSR count). The fourth-order valence-corrected chi connectivity index (χ4v) is 4.36. The normalized spacial score (nSPS) is 23.1. The van der Waals surface area contributed by atoms with Crippen LogP contribution in [0, 0.1) is 0 Å². The number of carboxylic acid groups (broad SMARTS) is 1. The number of hydrogen-bond acceptors (Lipinski definition) is 5. The maximum atomic E-state index is 11.4. The minimum atomic E-state index is -0.835. The molecule has 0 spiro atoms. The second kappa shape index (κ2) is 6.32. The van der Waals surface area contributed by atoms with Crippen LogP contribution in [0.25, 0.3) is 0 Å². The van der Waals surface area contributed by atoms with Gasteiger partial charge in [0.25, 0.3) is 0 Å². The summed E-state index contributed by atoms with van der Waals surface area (Å²) in [7, 11) is 0. The molecule has 0 aromatic carbocycles. The number of aromatic carboxylic acids is 1. The number of fused-ring (bicyclic) bond motifs is 1. The van der Waals surface area contributed by atoms with E-state index in [1.807, 2.05) is 0 Å². The van der Waals surface area contributed by atoms with E-state index in [2.05, 4.69) is 21.7 Å². The molecule has 1 aromatic rings. The van der Waals surface area contributed by atoms with E-state index in [0.29, 0.717) is 10.9 Å². The smallest absolute Gasteiger partial charge is 0.347 e. The third-order valence-corrected chi connectivity index (χ3v) is 5.62. The molecule has 2 fully saturated rings. The lowest BCUT2D eigenvalue weighted by atomic mass is 10.00. The van der Waals surface area contributed by atoms with Gasteiger partial charge in [0.15, 0.2) is 5.13 Å². The Kier molecular flexibility index (Phi) is 4.45. The SMILES string of the molecule is CCCc1nc(N2CCN3CCCCC3C2)sc1C(=O)O. The Balaban J connectivity index is 1.77. The second-order valence-electron chi connectivity index (χ2n) is 5.96. The first-order chi connectivity index (χ1) is 10.2. The number of aryl methyl sites for hydroxylation is 1. The highest BCUT2D eigenvalue weighted by molar-refractivity contribution is 7.17. The molecule has 1 atom stereocenters. The van der Waals surface area contributed by atoms with Crippen molar-refractivity contribution in [3.8, 4) is 0 Å². The summed E-state index contributed by atoms with van der Waals surface area (Å²) in [5.74, 6) is -0.835. The summed E-state index contributed by atoms with van der Waals surface area (Å²) in [4.78, 5) is 21.3. The van der Waals surface area contributed by atoms with E-state index in [4.69, 9.17) is 0 Å². The van der Waals surface area contributed by atoms with Crippen LogP contribution in [-0.4, -0.2) is 53.2 Å². The molecule has 3 heterocycles. The molecular weight excluding hydrogens is 286 g/mol. The van der Waals surface area contributed by atoms with Crippen molar-refractivity contribution in [2.24, 2.45) is 0 Å². The number of carboxylic acids is 1. The first-order valence-electron chi connectivity index (χ1n) is 7.91. The van der Waals surface area contributed by atoms with Crippen molar-refractivity contribution in [3.05, 3.63) is 10.6 Å². The van der Waals surface area contributed by atoms with Crippen LogP contribution < -0.4 is 4.90 Å². The molecule has 2 aliphatic rings. The summed E-state index contributed by atoms with van der Waals surface area (Å²) >= 11 is 1.35. The van der Waals surface area contributed by atoms with Crippen LogP contribution in [0.3, 0.4) is 0 Å². The van der Waals surface area contributed by atoms with Crippen molar-refractivity contribution >= 4 is 22.4 Å². The Labute approximate surface area is 129 Å². The minimum absolute atomic E-state index is 0.429. The maximum Gasteiger partial charge on any atom is 0.347 e. The van der Waals surface area contributed by atoms with Crippen molar-refractivity contribution in [1.29, 1.82) is 0 Å². The first kappa shape index (κ1) is 14.8. The van der Waals surface area contributed by atoms with E-state index in [-0.39, 0.29) is 0 Å². The molecule has 0 radical (unpaired) electrons. The zero-order valence-corrected chi connectivity index (χ0v) is 13.4. The molecule has 1 aromatic heterocycles. The lowest BCUT2D eigenvalue weighted by Crippen LogP contribution is -2.54. The van der Waals surface area contributed by atoms with Crippen LogP contribution >= 0.6 is 11.3 Å². The Hall–Kier alpha value is -1.14. The van der Waals surface area contributed by atoms with Gasteiger partial charge in [0.1, 0.15) is 4.88 Å². The molecule has 116 valence electrons. The van der Waals surface area contributed by atoms with Gasteiger partial charge in [-0.3, -0.25) is 4.90 Å². The van der Waals surface area contributed by atoms with Crippen LogP contribution in [-0.2, 0) is 6.42 Å². The molecule has 5 nitrogen and oxygen atoms in total. The number of thiazole rings is 1. The third-order valence-electron chi connectivity index (χ3n) is 4.47. The summed E-state index contributed by atoms with van der Waals surface area (Å²) in [6.07, 6.45) is 5.57. The van der Waals surface area contributed by atoms with Gasteiger partial charge in [0.2, 0.25) is 0 Å². The summed E-state index contributed by atoms with van der Waals surface area (Å²) < 4.78 is 0. The molecule has 2 saturated heterocycles. The number of hydrogen-bond donors (Lipinski definition) is 1. The maximum absolute atomic E-state index is 11.4. The van der Waals surface area contributed by atoms with Gasteiger partial charge in [0, 0.05) is 25.7 Å². The van der Waals surface area contributed by atoms with E-state index in [1.165, 1.54) is 37.1 Å². The largest absolute Gasteiger partial charge is 0.477 e. The third kappa shape index (κ3) is 3.06. The van der Waals surface area contributed by atoms with E-state index < -0.39 is 5.97 Å². The Morgan fingerprint density at radius 2 is 2.24 bits per heavy atom. The molecule has 1 unspecified atom stereocenters. The van der Waals surface area contributed by atoms with Crippen molar-refractivity contribution in [2.45, 2.75) is 45.1 Å². The molecule has 0 saturated carbocycles. The Bertz CT molecular complexity index is 517. The molecule has 6 heteroatoms. The van der Waals surface area contributed by atoms with Gasteiger partial charge >= 0.3 is 5.97 Å². The number of anilines is 1. The van der Waals surface area contributed by atoms with Crippen LogP contribution in [0.2, 0.25) is 0 Å². The lowest BCUT2D eigenvalue weighted by Gasteiger charge is -2.44. The summed E-state index contributed by atoms with van der Waals surface area (Å²) in [6.45, 7) is 6.33. The summed E-state index contributed by atoms with van der Waals surface area (Å²) in [6, 6.07) is 0.624. The van der Waals surface area contributed by atoms with Crippen molar-refractivity contribution < 1.29 is 9.90 Å².